The lowest BCUT2D eigenvalue weighted by Crippen LogP contribution is -2.39. The van der Waals surface area contributed by atoms with Gasteiger partial charge in [0.1, 0.15) is 18.3 Å². The van der Waals surface area contributed by atoms with Crippen molar-refractivity contribution in [1.82, 2.24) is 9.55 Å². The molecule has 0 aromatic carbocycles. The molecule has 1 aromatic rings. The topological polar surface area (TPSA) is 125 Å². The highest BCUT2D eigenvalue weighted by Crippen LogP contribution is 2.38. The van der Waals surface area contributed by atoms with Crippen LogP contribution in [0.25, 0.3) is 0 Å². The largest absolute Gasteiger partial charge is 0.394 e. The molecule has 1 fully saturated rings. The molecule has 2 rings (SSSR count). The minimum Gasteiger partial charge on any atom is -0.394 e. The molecule has 0 aliphatic carbocycles. The van der Waals surface area contributed by atoms with E-state index in [-0.39, 0.29) is 10.00 Å². The maximum absolute atomic E-state index is 12.1. The van der Waals surface area contributed by atoms with E-state index < -0.39 is 42.4 Å². The summed E-state index contributed by atoms with van der Waals surface area (Å²) in [6.45, 7) is 7.81. The van der Waals surface area contributed by atoms with Gasteiger partial charge in [-0.3, -0.25) is 14.3 Å². The molecule has 0 radical (unpaired) electrons. The van der Waals surface area contributed by atoms with Crippen LogP contribution in [0.4, 0.5) is 0 Å². The summed E-state index contributed by atoms with van der Waals surface area (Å²) in [7, 11) is 3.37. The van der Waals surface area contributed by atoms with E-state index in [0.717, 1.165) is 4.57 Å². The molecule has 1 aliphatic rings. The summed E-state index contributed by atoms with van der Waals surface area (Å²) in [5.41, 5.74) is -0.832. The fraction of sp³-hybridized carbons (Fsp3) is 0.750. The summed E-state index contributed by atoms with van der Waals surface area (Å²) >= 11 is 0. The van der Waals surface area contributed by atoms with Crippen molar-refractivity contribution in [2.45, 2.75) is 68.7 Å². The monoisotopic (exact) mass is 406 g/mol. The fourth-order valence-electron chi connectivity index (χ4n) is 2.54. The average molecular weight is 407 g/mol. The van der Waals surface area contributed by atoms with Gasteiger partial charge in [-0.05, 0) is 6.42 Å². The number of hydrogen-bond acceptors (Lipinski definition) is 8. The van der Waals surface area contributed by atoms with Crippen LogP contribution in [0.15, 0.2) is 15.8 Å². The lowest BCUT2D eigenvalue weighted by molar-refractivity contribution is -0.0551. The highest BCUT2D eigenvalue weighted by atomic mass is 33.1. The second-order valence-electron chi connectivity index (χ2n) is 7.36. The lowest BCUT2D eigenvalue weighted by atomic mass is 10.1. The van der Waals surface area contributed by atoms with E-state index in [9.17, 15) is 24.9 Å². The first-order valence-electron chi connectivity index (χ1n) is 8.34. The maximum Gasteiger partial charge on any atom is 0.330 e. The maximum atomic E-state index is 12.1. The zero-order chi connectivity index (χ0) is 19.6. The molecule has 1 saturated heterocycles. The Balaban J connectivity index is 2.22. The Labute approximate surface area is 159 Å². The van der Waals surface area contributed by atoms with Gasteiger partial charge in [0.25, 0.3) is 5.56 Å². The van der Waals surface area contributed by atoms with Gasteiger partial charge in [0.05, 0.1) is 6.61 Å². The molecule has 0 spiro atoms. The van der Waals surface area contributed by atoms with Crippen LogP contribution >= 0.6 is 21.6 Å². The zero-order valence-corrected chi connectivity index (χ0v) is 16.8. The Morgan fingerprint density at radius 2 is 1.96 bits per heavy atom. The van der Waals surface area contributed by atoms with Gasteiger partial charge >= 0.3 is 5.69 Å². The van der Waals surface area contributed by atoms with Gasteiger partial charge in [-0.25, -0.2) is 4.79 Å². The molecule has 0 amide bonds. The Kier molecular flexibility index (Phi) is 7.03. The molecule has 0 bridgehead atoms. The summed E-state index contributed by atoms with van der Waals surface area (Å²) < 4.78 is 6.52. The Morgan fingerprint density at radius 1 is 1.31 bits per heavy atom. The van der Waals surface area contributed by atoms with E-state index in [2.05, 4.69) is 25.8 Å². The number of nitrogens with one attached hydrogen (secondary N) is 1. The molecule has 1 unspecified atom stereocenters. The average Bonchev–Trinajstić information content (AvgIpc) is 2.83. The third kappa shape index (κ3) is 5.14. The van der Waals surface area contributed by atoms with Gasteiger partial charge in [0.15, 0.2) is 6.23 Å². The molecule has 10 heteroatoms. The highest BCUT2D eigenvalue weighted by Gasteiger charge is 2.43. The first kappa shape index (κ1) is 21.5. The number of hydrogen-bond donors (Lipinski definition) is 4. The number of aromatic nitrogens is 2. The summed E-state index contributed by atoms with van der Waals surface area (Å²) in [6, 6.07) is 0. The van der Waals surface area contributed by atoms with Gasteiger partial charge in [-0.15, -0.1) is 0 Å². The number of nitrogens with zero attached hydrogens (tertiary/aromatic N) is 1. The Morgan fingerprint density at radius 3 is 2.50 bits per heavy atom. The third-order valence-corrected chi connectivity index (χ3v) is 7.67. The van der Waals surface area contributed by atoms with Crippen molar-refractivity contribution in [2.75, 3.05) is 6.61 Å². The van der Waals surface area contributed by atoms with E-state index in [1.165, 1.54) is 6.20 Å². The first-order valence-corrected chi connectivity index (χ1v) is 10.6. The summed E-state index contributed by atoms with van der Waals surface area (Å²) in [5, 5.41) is 29.3. The molecule has 2 heterocycles. The van der Waals surface area contributed by atoms with Crippen LogP contribution in [-0.2, 0) is 11.2 Å². The number of ether oxygens (including phenoxy) is 1. The number of aliphatic hydroxyl groups is 3. The number of rotatable bonds is 6. The van der Waals surface area contributed by atoms with Gasteiger partial charge in [-0.1, -0.05) is 49.3 Å². The van der Waals surface area contributed by atoms with Gasteiger partial charge in [0.2, 0.25) is 0 Å². The second kappa shape index (κ2) is 8.49. The van der Waals surface area contributed by atoms with Crippen molar-refractivity contribution in [1.29, 1.82) is 0 Å². The SMILES string of the molecule is CC(Cc1cn([C@@H]2O[C@H](CO)[C@@H](O)[C@H]2O)c(=O)[nH]c1=O)SSC(C)(C)C. The van der Waals surface area contributed by atoms with Crippen molar-refractivity contribution in [3.05, 3.63) is 32.6 Å². The highest BCUT2D eigenvalue weighted by molar-refractivity contribution is 8.77. The van der Waals surface area contributed by atoms with Gasteiger partial charge in [0, 0.05) is 21.8 Å². The quantitative estimate of drug-likeness (QED) is 0.496. The molecule has 0 saturated carbocycles. The Bertz CT molecular complexity index is 729. The summed E-state index contributed by atoms with van der Waals surface area (Å²) in [6.07, 6.45) is -3.07. The normalized spacial score (nSPS) is 27.7. The second-order valence-corrected chi connectivity index (χ2v) is 10.8. The lowest BCUT2D eigenvalue weighted by Gasteiger charge is -2.20. The molecule has 1 aromatic heterocycles. The van der Waals surface area contributed by atoms with Crippen LogP contribution in [0.5, 0.6) is 0 Å². The predicted molar refractivity (Wildman–Crippen MR) is 102 cm³/mol. The summed E-state index contributed by atoms with van der Waals surface area (Å²) in [4.78, 5) is 26.5. The van der Waals surface area contributed by atoms with Gasteiger partial charge < -0.3 is 20.1 Å². The molecule has 8 nitrogen and oxygen atoms in total. The molecule has 26 heavy (non-hydrogen) atoms. The van der Waals surface area contributed by atoms with E-state index in [0.29, 0.717) is 12.0 Å². The fourth-order valence-corrected chi connectivity index (χ4v) is 4.81. The van der Waals surface area contributed by atoms with Crippen LogP contribution in [0.2, 0.25) is 0 Å². The van der Waals surface area contributed by atoms with Crippen molar-refractivity contribution >= 4 is 21.6 Å². The number of aliphatic hydroxyl groups excluding tert-OH is 3. The first-order chi connectivity index (χ1) is 12.0. The van der Waals surface area contributed by atoms with Crippen LogP contribution < -0.4 is 11.2 Å². The van der Waals surface area contributed by atoms with Crippen LogP contribution in [0, 0.1) is 0 Å². The molecular formula is C16H26N2O6S2. The Hall–Kier alpha value is -0.780. The predicted octanol–water partition coefficient (Wildman–Crippen LogP) is 0.259. The van der Waals surface area contributed by atoms with Crippen LogP contribution in [-0.4, -0.2) is 59.8 Å². The number of H-pyrrole nitrogens is 1. The van der Waals surface area contributed by atoms with Crippen molar-refractivity contribution in [3.8, 4) is 0 Å². The van der Waals surface area contributed by atoms with E-state index in [1.807, 2.05) is 6.92 Å². The number of aromatic amines is 1. The standard InChI is InChI=1S/C16H26N2O6S2/c1-8(25-26-16(2,3)4)5-9-6-18(15(23)17-13(9)22)14-12(21)11(20)10(7-19)24-14/h6,8,10-12,14,19-21H,5,7H2,1-4H3,(H,17,22,23)/t8?,10-,11-,12-,14-/m1/s1. The van der Waals surface area contributed by atoms with Crippen molar-refractivity contribution < 1.29 is 20.1 Å². The van der Waals surface area contributed by atoms with E-state index >= 15 is 0 Å². The smallest absolute Gasteiger partial charge is 0.330 e. The molecular weight excluding hydrogens is 380 g/mol. The summed E-state index contributed by atoms with van der Waals surface area (Å²) in [5.74, 6) is 0. The van der Waals surface area contributed by atoms with E-state index in [4.69, 9.17) is 4.74 Å². The minimum absolute atomic E-state index is 0.0847. The molecule has 148 valence electrons. The van der Waals surface area contributed by atoms with Crippen molar-refractivity contribution in [3.63, 3.8) is 0 Å². The van der Waals surface area contributed by atoms with Crippen LogP contribution in [0.1, 0.15) is 39.5 Å². The van der Waals surface area contributed by atoms with Crippen LogP contribution in [0.3, 0.4) is 0 Å². The van der Waals surface area contributed by atoms with Crippen molar-refractivity contribution in [2.24, 2.45) is 0 Å². The minimum atomic E-state index is -1.38. The van der Waals surface area contributed by atoms with E-state index in [1.54, 1.807) is 21.6 Å². The zero-order valence-electron chi connectivity index (χ0n) is 15.2. The third-order valence-electron chi connectivity index (χ3n) is 3.80. The molecule has 5 atom stereocenters. The molecule has 4 N–H and O–H groups in total. The van der Waals surface area contributed by atoms with Gasteiger partial charge in [-0.2, -0.15) is 0 Å². The molecule has 1 aliphatic heterocycles.